The first kappa shape index (κ1) is 23.8. The van der Waals surface area contributed by atoms with Crippen LogP contribution in [-0.2, 0) is 11.2 Å². The Balaban J connectivity index is 1.35. The third-order valence-electron chi connectivity index (χ3n) is 6.79. The molecule has 1 aromatic carbocycles. The number of nitrogens with zero attached hydrogens (tertiary/aromatic N) is 4. The van der Waals surface area contributed by atoms with Crippen molar-refractivity contribution >= 4 is 35.0 Å². The Morgan fingerprint density at radius 1 is 1.11 bits per heavy atom. The highest BCUT2D eigenvalue weighted by molar-refractivity contribution is 7.99. The lowest BCUT2D eigenvalue weighted by Crippen LogP contribution is -2.44. The number of H-pyrrole nitrogens is 1. The first-order chi connectivity index (χ1) is 17.0. The first-order valence-corrected chi connectivity index (χ1v) is 13.3. The van der Waals surface area contributed by atoms with E-state index >= 15 is 0 Å². The smallest absolute Gasteiger partial charge is 0.196 e. The Morgan fingerprint density at radius 2 is 1.86 bits per heavy atom. The van der Waals surface area contributed by atoms with Crippen LogP contribution in [0, 0.1) is 19.8 Å². The average molecular weight is 492 g/mol. The van der Waals surface area contributed by atoms with E-state index < -0.39 is 0 Å². The predicted molar refractivity (Wildman–Crippen MR) is 140 cm³/mol. The molecule has 2 aliphatic rings. The SMILES string of the molecule is Cc1cc(Nc2nc(Sc3ccc(CC(=O)C4CCCC4)cc3)nc(N3CCNCC3)c2C)n[nH]1. The molecule has 3 N–H and O–H groups in total. The van der Waals surface area contributed by atoms with Crippen LogP contribution < -0.4 is 15.5 Å². The maximum Gasteiger partial charge on any atom is 0.196 e. The number of rotatable bonds is 8. The lowest BCUT2D eigenvalue weighted by molar-refractivity contribution is -0.122. The fourth-order valence-electron chi connectivity index (χ4n) is 4.81. The number of ketones is 1. The van der Waals surface area contributed by atoms with Crippen molar-refractivity contribution in [2.24, 2.45) is 5.92 Å². The molecular formula is C26H33N7OS. The zero-order valence-corrected chi connectivity index (χ0v) is 21.2. The van der Waals surface area contributed by atoms with Gasteiger partial charge in [0.1, 0.15) is 17.4 Å². The van der Waals surface area contributed by atoms with E-state index in [4.69, 9.17) is 9.97 Å². The number of nitrogens with one attached hydrogen (secondary N) is 3. The Morgan fingerprint density at radius 3 is 2.54 bits per heavy atom. The summed E-state index contributed by atoms with van der Waals surface area (Å²) in [6.45, 7) is 7.73. The van der Waals surface area contributed by atoms with Crippen LogP contribution >= 0.6 is 11.8 Å². The lowest BCUT2D eigenvalue weighted by atomic mass is 9.97. The number of benzene rings is 1. The first-order valence-electron chi connectivity index (χ1n) is 12.5. The number of piperazine rings is 1. The number of aromatic amines is 1. The summed E-state index contributed by atoms with van der Waals surface area (Å²) in [4.78, 5) is 25.7. The molecule has 0 atom stereocenters. The molecule has 1 saturated heterocycles. The second-order valence-corrected chi connectivity index (χ2v) is 10.5. The molecule has 35 heavy (non-hydrogen) atoms. The highest BCUT2D eigenvalue weighted by Crippen LogP contribution is 2.33. The number of Topliss-reactive ketones (excluding diaryl/α,β-unsaturated/α-hetero) is 1. The van der Waals surface area contributed by atoms with Crippen LogP contribution in [0.2, 0.25) is 0 Å². The van der Waals surface area contributed by atoms with Crippen LogP contribution in [0.25, 0.3) is 0 Å². The van der Waals surface area contributed by atoms with E-state index in [9.17, 15) is 4.79 Å². The van der Waals surface area contributed by atoms with Crippen molar-refractivity contribution in [3.05, 3.63) is 47.2 Å². The quantitative estimate of drug-likeness (QED) is 0.398. The summed E-state index contributed by atoms with van der Waals surface area (Å²) < 4.78 is 0. The summed E-state index contributed by atoms with van der Waals surface area (Å²) in [7, 11) is 0. The Bertz CT molecular complexity index is 1160. The van der Waals surface area contributed by atoms with Gasteiger partial charge < -0.3 is 15.5 Å². The van der Waals surface area contributed by atoms with E-state index in [-0.39, 0.29) is 5.92 Å². The zero-order valence-electron chi connectivity index (χ0n) is 20.4. The third-order valence-corrected chi connectivity index (χ3v) is 7.66. The number of hydrogen-bond acceptors (Lipinski definition) is 8. The summed E-state index contributed by atoms with van der Waals surface area (Å²) in [6, 6.07) is 10.2. The van der Waals surface area contributed by atoms with Gasteiger partial charge in [-0.2, -0.15) is 5.10 Å². The maximum absolute atomic E-state index is 12.6. The van der Waals surface area contributed by atoms with E-state index in [1.807, 2.05) is 13.0 Å². The zero-order chi connectivity index (χ0) is 24.2. The van der Waals surface area contributed by atoms with Crippen molar-refractivity contribution in [1.82, 2.24) is 25.5 Å². The van der Waals surface area contributed by atoms with Crippen molar-refractivity contribution in [1.29, 1.82) is 0 Å². The van der Waals surface area contributed by atoms with Crippen LogP contribution in [0.5, 0.6) is 0 Å². The number of anilines is 3. The fraction of sp³-hybridized carbons (Fsp3) is 0.462. The van der Waals surface area contributed by atoms with E-state index in [0.29, 0.717) is 17.4 Å². The summed E-state index contributed by atoms with van der Waals surface area (Å²) >= 11 is 1.54. The number of aryl methyl sites for hydroxylation is 1. The molecule has 2 fully saturated rings. The predicted octanol–water partition coefficient (Wildman–Crippen LogP) is 4.42. The van der Waals surface area contributed by atoms with Crippen molar-refractivity contribution < 1.29 is 4.79 Å². The van der Waals surface area contributed by atoms with Gasteiger partial charge in [0.15, 0.2) is 11.0 Å². The van der Waals surface area contributed by atoms with E-state index in [1.165, 1.54) is 24.6 Å². The summed E-state index contributed by atoms with van der Waals surface area (Å²) in [5.41, 5.74) is 3.08. The minimum absolute atomic E-state index is 0.262. The number of carbonyl (C=O) groups excluding carboxylic acids is 1. The van der Waals surface area contributed by atoms with Gasteiger partial charge in [-0.15, -0.1) is 0 Å². The van der Waals surface area contributed by atoms with Crippen molar-refractivity contribution in [2.75, 3.05) is 36.4 Å². The molecule has 0 radical (unpaired) electrons. The molecule has 184 valence electrons. The molecular weight excluding hydrogens is 458 g/mol. The minimum atomic E-state index is 0.262. The molecule has 9 heteroatoms. The highest BCUT2D eigenvalue weighted by atomic mass is 32.2. The lowest BCUT2D eigenvalue weighted by Gasteiger charge is -2.30. The largest absolute Gasteiger partial charge is 0.354 e. The molecule has 1 aliphatic carbocycles. The fourth-order valence-corrected chi connectivity index (χ4v) is 5.57. The highest BCUT2D eigenvalue weighted by Gasteiger charge is 2.23. The van der Waals surface area contributed by atoms with Crippen molar-refractivity contribution in [3.8, 4) is 0 Å². The van der Waals surface area contributed by atoms with Gasteiger partial charge in [-0.05, 0) is 56.1 Å². The van der Waals surface area contributed by atoms with Gasteiger partial charge in [-0.25, -0.2) is 9.97 Å². The normalized spacial score (nSPS) is 16.6. The average Bonchev–Trinajstić information content (AvgIpc) is 3.55. The van der Waals surface area contributed by atoms with Crippen LogP contribution in [0.15, 0.2) is 40.4 Å². The van der Waals surface area contributed by atoms with E-state index in [0.717, 1.165) is 78.2 Å². The molecule has 0 spiro atoms. The summed E-state index contributed by atoms with van der Waals surface area (Å²) in [6.07, 6.45) is 5.02. The van der Waals surface area contributed by atoms with Gasteiger partial charge >= 0.3 is 0 Å². The topological polar surface area (TPSA) is 98.8 Å². The van der Waals surface area contributed by atoms with Crippen molar-refractivity contribution in [2.45, 2.75) is 56.0 Å². The van der Waals surface area contributed by atoms with Crippen molar-refractivity contribution in [3.63, 3.8) is 0 Å². The van der Waals surface area contributed by atoms with Crippen LogP contribution in [0.1, 0.15) is 42.5 Å². The maximum atomic E-state index is 12.6. The van der Waals surface area contributed by atoms with Crippen LogP contribution in [0.3, 0.4) is 0 Å². The molecule has 2 aromatic heterocycles. The van der Waals surface area contributed by atoms with Gasteiger partial charge in [0.05, 0.1) is 0 Å². The molecule has 8 nitrogen and oxygen atoms in total. The Labute approximate surface area is 210 Å². The van der Waals surface area contributed by atoms with Gasteiger partial charge in [-0.3, -0.25) is 9.89 Å². The van der Waals surface area contributed by atoms with Gasteiger partial charge in [-0.1, -0.05) is 25.0 Å². The molecule has 3 aromatic rings. The van der Waals surface area contributed by atoms with E-state index in [1.54, 1.807) is 0 Å². The number of aromatic nitrogens is 4. The molecule has 0 bridgehead atoms. The molecule has 3 heterocycles. The second kappa shape index (κ2) is 10.8. The molecule has 0 unspecified atom stereocenters. The minimum Gasteiger partial charge on any atom is -0.354 e. The second-order valence-electron chi connectivity index (χ2n) is 9.47. The molecule has 1 aliphatic heterocycles. The van der Waals surface area contributed by atoms with Crippen LogP contribution in [-0.4, -0.2) is 52.1 Å². The molecule has 0 amide bonds. The van der Waals surface area contributed by atoms with Gasteiger partial charge in [0.2, 0.25) is 0 Å². The Kier molecular flexibility index (Phi) is 7.34. The Hall–Kier alpha value is -2.91. The summed E-state index contributed by atoms with van der Waals surface area (Å²) in [5.74, 6) is 3.11. The number of hydrogen-bond donors (Lipinski definition) is 3. The van der Waals surface area contributed by atoms with Gasteiger partial charge in [0, 0.05) is 60.7 Å². The summed E-state index contributed by atoms with van der Waals surface area (Å²) in [5, 5.41) is 14.8. The monoisotopic (exact) mass is 491 g/mol. The van der Waals surface area contributed by atoms with Crippen LogP contribution in [0.4, 0.5) is 17.5 Å². The standard InChI is InChI=1S/C26H33N7OS/c1-17-15-23(32-31-17)28-24-18(2)25(33-13-11-27-12-14-33)30-26(29-24)35-21-9-7-19(8-10-21)16-22(34)20-5-3-4-6-20/h7-10,15,20,27H,3-6,11-14,16H2,1-2H3,(H2,28,29,30,31,32). The van der Waals surface area contributed by atoms with E-state index in [2.05, 4.69) is 56.9 Å². The molecule has 1 saturated carbocycles. The number of carbonyl (C=O) groups is 1. The molecule has 5 rings (SSSR count). The third kappa shape index (κ3) is 5.85. The van der Waals surface area contributed by atoms with Gasteiger partial charge in [0.25, 0.3) is 0 Å².